The molecule has 5 nitrogen and oxygen atoms in total. The Bertz CT molecular complexity index is 1400. The van der Waals surface area contributed by atoms with Crippen molar-refractivity contribution in [1.29, 1.82) is 0 Å². The van der Waals surface area contributed by atoms with Gasteiger partial charge in [0.1, 0.15) is 19.0 Å². The summed E-state index contributed by atoms with van der Waals surface area (Å²) in [6.45, 7) is 0.635. The molecule has 0 fully saturated rings. The van der Waals surface area contributed by atoms with Crippen molar-refractivity contribution in [2.75, 3.05) is 0 Å². The molecule has 0 aliphatic heterocycles. The molecule has 1 N–H and O–H groups in total. The lowest BCUT2D eigenvalue weighted by Gasteiger charge is -2.07. The van der Waals surface area contributed by atoms with Gasteiger partial charge in [-0.3, -0.25) is 0 Å². The molecular weight excluding hydrogens is 424 g/mol. The topological polar surface area (TPSA) is 64.2 Å². The number of esters is 1. The number of pyridine rings is 1. The number of nitrogens with zero attached hydrogens (tertiary/aromatic N) is 1. The molecular formula is C26H19ClN2O3. The number of carbonyl (C=O) groups excluding carboxylic acids is 1. The first-order valence-electron chi connectivity index (χ1n) is 10.2. The van der Waals surface area contributed by atoms with E-state index >= 15 is 0 Å². The molecule has 5 aromatic rings. The van der Waals surface area contributed by atoms with E-state index in [4.69, 9.17) is 21.1 Å². The molecule has 158 valence electrons. The van der Waals surface area contributed by atoms with Gasteiger partial charge in [-0.15, -0.1) is 0 Å². The van der Waals surface area contributed by atoms with E-state index in [9.17, 15) is 4.79 Å². The minimum atomic E-state index is -0.525. The summed E-state index contributed by atoms with van der Waals surface area (Å²) in [5.41, 5.74) is 3.70. The molecule has 0 bridgehead atoms. The fraction of sp³-hybridized carbons (Fsp3) is 0.0769. The van der Waals surface area contributed by atoms with Crippen LogP contribution in [0, 0.1) is 0 Å². The molecule has 0 saturated carbocycles. The maximum absolute atomic E-state index is 12.6. The van der Waals surface area contributed by atoms with E-state index in [0.29, 0.717) is 12.1 Å². The van der Waals surface area contributed by atoms with Gasteiger partial charge in [0, 0.05) is 16.3 Å². The highest BCUT2D eigenvalue weighted by Gasteiger charge is 2.16. The maximum Gasteiger partial charge on any atom is 0.357 e. The van der Waals surface area contributed by atoms with Crippen LogP contribution in [0.2, 0.25) is 5.15 Å². The zero-order valence-corrected chi connectivity index (χ0v) is 17.8. The first-order chi connectivity index (χ1) is 15.7. The van der Waals surface area contributed by atoms with E-state index in [1.807, 2.05) is 78.9 Å². The predicted molar refractivity (Wildman–Crippen MR) is 125 cm³/mol. The minimum absolute atomic E-state index is 0.162. The zero-order valence-electron chi connectivity index (χ0n) is 17.0. The summed E-state index contributed by atoms with van der Waals surface area (Å²) in [6.07, 6.45) is 0. The number of rotatable bonds is 6. The van der Waals surface area contributed by atoms with Crippen LogP contribution in [0.5, 0.6) is 5.75 Å². The molecule has 3 aromatic carbocycles. The van der Waals surface area contributed by atoms with Gasteiger partial charge < -0.3 is 14.5 Å². The number of hydrogen-bond donors (Lipinski definition) is 1. The Morgan fingerprint density at radius 2 is 1.53 bits per heavy atom. The highest BCUT2D eigenvalue weighted by atomic mass is 35.5. The van der Waals surface area contributed by atoms with Gasteiger partial charge >= 0.3 is 5.97 Å². The van der Waals surface area contributed by atoms with Gasteiger partial charge in [-0.2, -0.15) is 0 Å². The van der Waals surface area contributed by atoms with Gasteiger partial charge in [-0.25, -0.2) is 9.78 Å². The van der Waals surface area contributed by atoms with Crippen LogP contribution in [0.3, 0.4) is 0 Å². The maximum atomic E-state index is 12.6. The SMILES string of the molecule is O=C(OCc1ccccc1)c1cc2c([nH]c3ccc(OCc4ccccc4)cc32)c(Cl)n1. The first kappa shape index (κ1) is 20.1. The normalized spacial score (nSPS) is 11.0. The molecule has 0 atom stereocenters. The molecule has 2 heterocycles. The molecule has 0 radical (unpaired) electrons. The Morgan fingerprint density at radius 3 is 2.25 bits per heavy atom. The van der Waals surface area contributed by atoms with Crippen molar-refractivity contribution in [2.45, 2.75) is 13.2 Å². The van der Waals surface area contributed by atoms with Crippen molar-refractivity contribution in [3.8, 4) is 5.75 Å². The van der Waals surface area contributed by atoms with E-state index in [2.05, 4.69) is 9.97 Å². The van der Waals surface area contributed by atoms with Crippen molar-refractivity contribution in [2.24, 2.45) is 0 Å². The highest BCUT2D eigenvalue weighted by Crippen LogP contribution is 2.32. The van der Waals surface area contributed by atoms with Crippen molar-refractivity contribution in [1.82, 2.24) is 9.97 Å². The molecule has 5 rings (SSSR count). The van der Waals surface area contributed by atoms with Crippen LogP contribution >= 0.6 is 11.6 Å². The molecule has 0 spiro atoms. The third-order valence-electron chi connectivity index (χ3n) is 5.19. The van der Waals surface area contributed by atoms with Crippen LogP contribution in [0.1, 0.15) is 21.6 Å². The Balaban J connectivity index is 1.43. The Morgan fingerprint density at radius 1 is 0.844 bits per heavy atom. The molecule has 0 aliphatic rings. The second-order valence-corrected chi connectivity index (χ2v) is 7.75. The Kier molecular flexibility index (Phi) is 5.48. The van der Waals surface area contributed by atoms with Crippen molar-refractivity contribution in [3.63, 3.8) is 0 Å². The molecule has 0 unspecified atom stereocenters. The van der Waals surface area contributed by atoms with Crippen LogP contribution in [0.4, 0.5) is 0 Å². The summed E-state index contributed by atoms with van der Waals surface area (Å²) in [5.74, 6) is 0.201. The van der Waals surface area contributed by atoms with Crippen molar-refractivity contribution >= 4 is 39.4 Å². The summed E-state index contributed by atoms with van der Waals surface area (Å²) < 4.78 is 11.4. The number of aromatic amines is 1. The van der Waals surface area contributed by atoms with Gasteiger partial charge in [0.05, 0.1) is 5.52 Å². The van der Waals surface area contributed by atoms with Gasteiger partial charge in [0.15, 0.2) is 10.8 Å². The smallest absolute Gasteiger partial charge is 0.357 e. The van der Waals surface area contributed by atoms with E-state index in [1.54, 1.807) is 6.07 Å². The van der Waals surface area contributed by atoms with Crippen molar-refractivity contribution in [3.05, 3.63) is 107 Å². The second kappa shape index (κ2) is 8.73. The third-order valence-corrected chi connectivity index (χ3v) is 5.46. The molecule has 2 aromatic heterocycles. The number of carbonyl (C=O) groups is 1. The molecule has 6 heteroatoms. The van der Waals surface area contributed by atoms with Gasteiger partial charge in [-0.05, 0) is 35.4 Å². The van der Waals surface area contributed by atoms with E-state index in [-0.39, 0.29) is 17.5 Å². The average molecular weight is 443 g/mol. The summed E-state index contributed by atoms with van der Waals surface area (Å²) in [5, 5.41) is 1.90. The Hall–Kier alpha value is -3.83. The van der Waals surface area contributed by atoms with Gasteiger partial charge in [0.25, 0.3) is 0 Å². The van der Waals surface area contributed by atoms with Gasteiger partial charge in [-0.1, -0.05) is 72.3 Å². The molecule has 0 amide bonds. The number of halogens is 1. The first-order valence-corrected chi connectivity index (χ1v) is 10.5. The minimum Gasteiger partial charge on any atom is -0.489 e. The third kappa shape index (κ3) is 4.15. The lowest BCUT2D eigenvalue weighted by atomic mass is 10.1. The van der Waals surface area contributed by atoms with Crippen LogP contribution in [0.15, 0.2) is 84.9 Å². The second-order valence-electron chi connectivity index (χ2n) is 7.39. The zero-order chi connectivity index (χ0) is 21.9. The summed E-state index contributed by atoms with van der Waals surface area (Å²) >= 11 is 6.39. The lowest BCUT2D eigenvalue weighted by Crippen LogP contribution is -2.07. The molecule has 0 saturated heterocycles. The van der Waals surface area contributed by atoms with Crippen LogP contribution in [0.25, 0.3) is 21.8 Å². The Labute approximate surface area is 189 Å². The predicted octanol–water partition coefficient (Wildman–Crippen LogP) is 6.31. The number of fused-ring (bicyclic) bond motifs is 3. The summed E-state index contributed by atoms with van der Waals surface area (Å²) in [6, 6.07) is 26.9. The summed E-state index contributed by atoms with van der Waals surface area (Å²) in [4.78, 5) is 20.1. The highest BCUT2D eigenvalue weighted by molar-refractivity contribution is 6.35. The molecule has 32 heavy (non-hydrogen) atoms. The van der Waals surface area contributed by atoms with Crippen molar-refractivity contribution < 1.29 is 14.3 Å². The summed E-state index contributed by atoms with van der Waals surface area (Å²) in [7, 11) is 0. The van der Waals surface area contributed by atoms with E-state index in [0.717, 1.165) is 33.2 Å². The number of H-pyrrole nitrogens is 1. The number of benzene rings is 3. The van der Waals surface area contributed by atoms with E-state index in [1.165, 1.54) is 0 Å². The number of aromatic nitrogens is 2. The van der Waals surface area contributed by atoms with Crippen LogP contribution < -0.4 is 4.74 Å². The quantitative estimate of drug-likeness (QED) is 0.247. The fourth-order valence-corrected chi connectivity index (χ4v) is 3.81. The fourth-order valence-electron chi connectivity index (χ4n) is 3.57. The number of ether oxygens (including phenoxy) is 2. The van der Waals surface area contributed by atoms with Crippen LogP contribution in [-0.4, -0.2) is 15.9 Å². The standard InChI is InChI=1S/C26H19ClN2O3/c27-25-24-21(14-23(29-25)26(30)32-16-18-9-5-2-6-10-18)20-13-19(11-12-22(20)28-24)31-15-17-7-3-1-4-8-17/h1-14,28H,15-16H2. The largest absolute Gasteiger partial charge is 0.489 e. The van der Waals surface area contributed by atoms with Crippen LogP contribution in [-0.2, 0) is 18.0 Å². The average Bonchev–Trinajstić information content (AvgIpc) is 3.21. The lowest BCUT2D eigenvalue weighted by molar-refractivity contribution is 0.0466. The monoisotopic (exact) mass is 442 g/mol. The molecule has 0 aliphatic carbocycles. The number of hydrogen-bond acceptors (Lipinski definition) is 4. The van der Waals surface area contributed by atoms with Gasteiger partial charge in [0.2, 0.25) is 0 Å². The van der Waals surface area contributed by atoms with E-state index < -0.39 is 5.97 Å². The number of nitrogens with one attached hydrogen (secondary N) is 1.